The van der Waals surface area contributed by atoms with Crippen LogP contribution >= 0.6 is 22.6 Å². The Morgan fingerprint density at radius 1 is 1.34 bits per heavy atom. The molecule has 0 aliphatic carbocycles. The molecule has 0 N–H and O–H groups in total. The van der Waals surface area contributed by atoms with Gasteiger partial charge in [-0.05, 0) is 41.6 Å². The number of rotatable bonds is 4. The van der Waals surface area contributed by atoms with Gasteiger partial charge in [0.2, 0.25) is 5.91 Å². The van der Waals surface area contributed by atoms with Crippen molar-refractivity contribution in [3.8, 4) is 5.75 Å². The van der Waals surface area contributed by atoms with Crippen LogP contribution in [-0.4, -0.2) is 58.4 Å². The number of piperazine rings is 1. The van der Waals surface area contributed by atoms with E-state index < -0.39 is 0 Å². The predicted octanol–water partition coefficient (Wildman–Crippen LogP) is 2.92. The molecule has 0 spiro atoms. The summed E-state index contributed by atoms with van der Waals surface area (Å²) in [5.74, 6) is 0.367. The number of methoxy groups -OCH3 is 1. The van der Waals surface area contributed by atoms with E-state index in [9.17, 15) is 9.18 Å². The van der Waals surface area contributed by atoms with Gasteiger partial charge in [0, 0.05) is 49.5 Å². The number of benzene rings is 1. The Hall–Kier alpha value is -2.43. The van der Waals surface area contributed by atoms with Gasteiger partial charge in [0.1, 0.15) is 18.1 Å². The molecule has 0 bridgehead atoms. The van der Waals surface area contributed by atoms with E-state index >= 15 is 0 Å². The second kappa shape index (κ2) is 8.13. The first-order chi connectivity index (χ1) is 14.0. The van der Waals surface area contributed by atoms with Crippen LogP contribution in [-0.2, 0) is 11.3 Å². The summed E-state index contributed by atoms with van der Waals surface area (Å²) in [5, 5.41) is 5.22. The average Bonchev–Trinajstić information content (AvgIpc) is 3.11. The smallest absolute Gasteiger partial charge is 0.244 e. The third-order valence-electron chi connectivity index (χ3n) is 5.24. The fourth-order valence-corrected chi connectivity index (χ4v) is 4.39. The fourth-order valence-electron chi connectivity index (χ4n) is 3.74. The van der Waals surface area contributed by atoms with E-state index in [-0.39, 0.29) is 24.3 Å². The van der Waals surface area contributed by atoms with E-state index in [1.165, 1.54) is 6.07 Å². The third kappa shape index (κ3) is 3.87. The van der Waals surface area contributed by atoms with Crippen molar-refractivity contribution in [2.24, 2.45) is 0 Å². The van der Waals surface area contributed by atoms with E-state index in [1.807, 2.05) is 22.8 Å². The molecule has 1 aromatic carbocycles. The molecule has 1 atom stereocenters. The summed E-state index contributed by atoms with van der Waals surface area (Å²) in [5.41, 5.74) is 1.39. The molecule has 0 unspecified atom stereocenters. The van der Waals surface area contributed by atoms with Crippen LogP contribution in [0.2, 0.25) is 0 Å². The number of fused-ring (bicyclic) bond motifs is 1. The number of anilines is 1. The maximum absolute atomic E-state index is 14.5. The van der Waals surface area contributed by atoms with Crippen LogP contribution in [0, 0.1) is 9.39 Å². The van der Waals surface area contributed by atoms with Gasteiger partial charge in [-0.1, -0.05) is 0 Å². The summed E-state index contributed by atoms with van der Waals surface area (Å²) in [4.78, 5) is 20.8. The molecule has 3 aromatic rings. The Balaban J connectivity index is 1.47. The molecular formula is C20H21FIN5O2. The van der Waals surface area contributed by atoms with Crippen molar-refractivity contribution in [1.82, 2.24) is 19.7 Å². The minimum absolute atomic E-state index is 0.000347. The number of halogens is 2. The Kier molecular flexibility index (Phi) is 5.57. The van der Waals surface area contributed by atoms with Crippen LogP contribution in [0.25, 0.3) is 10.9 Å². The largest absolute Gasteiger partial charge is 0.496 e. The molecule has 2 aromatic heterocycles. The highest BCUT2D eigenvalue weighted by molar-refractivity contribution is 14.1. The molecule has 4 rings (SSSR count). The molecular weight excluding hydrogens is 488 g/mol. The normalized spacial score (nSPS) is 17.0. The summed E-state index contributed by atoms with van der Waals surface area (Å²) in [6.07, 6.45) is 5.13. The molecule has 1 aliphatic heterocycles. The standard InChI is InChI=1S/C20H21FIN5O2/c1-13-11-25(18-8-19(29-2)16(22)7-15(18)21)5-6-26(13)20(28)12-27-17-3-4-23-9-14(17)10-24-27/h3-4,7-10,13H,5-6,11-12H2,1-2H3/t13-/m0/s1. The summed E-state index contributed by atoms with van der Waals surface area (Å²) < 4.78 is 22.3. The molecule has 9 heteroatoms. The number of amides is 1. The molecule has 1 fully saturated rings. The fraction of sp³-hybridized carbons (Fsp3) is 0.350. The van der Waals surface area contributed by atoms with Crippen LogP contribution in [0.4, 0.5) is 10.1 Å². The highest BCUT2D eigenvalue weighted by atomic mass is 127. The van der Waals surface area contributed by atoms with Gasteiger partial charge in [-0.3, -0.25) is 14.5 Å². The van der Waals surface area contributed by atoms with Gasteiger partial charge in [0.15, 0.2) is 0 Å². The molecule has 152 valence electrons. The number of carbonyl (C=O) groups is 1. The lowest BCUT2D eigenvalue weighted by Gasteiger charge is -2.41. The lowest BCUT2D eigenvalue weighted by atomic mass is 10.1. The van der Waals surface area contributed by atoms with Gasteiger partial charge >= 0.3 is 0 Å². The van der Waals surface area contributed by atoms with Crippen LogP contribution in [0.5, 0.6) is 5.75 Å². The van der Waals surface area contributed by atoms with Crippen molar-refractivity contribution in [1.29, 1.82) is 0 Å². The maximum Gasteiger partial charge on any atom is 0.244 e. The van der Waals surface area contributed by atoms with Crippen molar-refractivity contribution in [2.45, 2.75) is 19.5 Å². The topological polar surface area (TPSA) is 63.5 Å². The number of hydrogen-bond donors (Lipinski definition) is 0. The highest BCUT2D eigenvalue weighted by Crippen LogP contribution is 2.31. The van der Waals surface area contributed by atoms with E-state index in [1.54, 1.807) is 36.4 Å². The molecule has 0 radical (unpaired) electrons. The van der Waals surface area contributed by atoms with Crippen molar-refractivity contribution in [2.75, 3.05) is 31.6 Å². The molecule has 29 heavy (non-hydrogen) atoms. The van der Waals surface area contributed by atoms with Crippen LogP contribution in [0.3, 0.4) is 0 Å². The Morgan fingerprint density at radius 2 is 2.17 bits per heavy atom. The second-order valence-corrected chi connectivity index (χ2v) is 8.22. The first kappa shape index (κ1) is 19.9. The Labute approximate surface area is 181 Å². The van der Waals surface area contributed by atoms with Crippen molar-refractivity contribution >= 4 is 45.1 Å². The zero-order valence-corrected chi connectivity index (χ0v) is 18.3. The Morgan fingerprint density at radius 3 is 2.93 bits per heavy atom. The number of pyridine rings is 1. The molecule has 1 amide bonds. The zero-order valence-electron chi connectivity index (χ0n) is 16.2. The molecule has 0 saturated carbocycles. The average molecular weight is 509 g/mol. The van der Waals surface area contributed by atoms with Gasteiger partial charge < -0.3 is 14.5 Å². The Bertz CT molecular complexity index is 1060. The minimum Gasteiger partial charge on any atom is -0.496 e. The van der Waals surface area contributed by atoms with Crippen LogP contribution < -0.4 is 9.64 Å². The predicted molar refractivity (Wildman–Crippen MR) is 117 cm³/mol. The van der Waals surface area contributed by atoms with Gasteiger partial charge in [-0.15, -0.1) is 0 Å². The van der Waals surface area contributed by atoms with Crippen molar-refractivity contribution < 1.29 is 13.9 Å². The lowest BCUT2D eigenvalue weighted by molar-refractivity contribution is -0.134. The quantitative estimate of drug-likeness (QED) is 0.507. The number of carbonyl (C=O) groups excluding carboxylic acids is 1. The maximum atomic E-state index is 14.5. The summed E-state index contributed by atoms with van der Waals surface area (Å²) in [7, 11) is 1.58. The van der Waals surface area contributed by atoms with Crippen LogP contribution in [0.15, 0.2) is 36.8 Å². The van der Waals surface area contributed by atoms with Gasteiger partial charge in [0.25, 0.3) is 0 Å². The summed E-state index contributed by atoms with van der Waals surface area (Å²) in [6, 6.07) is 5.01. The molecule has 1 aliphatic rings. The van der Waals surface area contributed by atoms with E-state index in [0.717, 1.165) is 14.5 Å². The molecule has 7 nitrogen and oxygen atoms in total. The second-order valence-electron chi connectivity index (χ2n) is 7.06. The van der Waals surface area contributed by atoms with Gasteiger partial charge in [-0.25, -0.2) is 4.39 Å². The first-order valence-corrected chi connectivity index (χ1v) is 10.4. The minimum atomic E-state index is -0.279. The summed E-state index contributed by atoms with van der Waals surface area (Å²) >= 11 is 2.06. The first-order valence-electron chi connectivity index (χ1n) is 9.31. The monoisotopic (exact) mass is 509 g/mol. The van der Waals surface area contributed by atoms with Crippen molar-refractivity contribution in [3.63, 3.8) is 0 Å². The van der Waals surface area contributed by atoms with Crippen LogP contribution in [0.1, 0.15) is 6.92 Å². The highest BCUT2D eigenvalue weighted by Gasteiger charge is 2.29. The number of hydrogen-bond acceptors (Lipinski definition) is 5. The van der Waals surface area contributed by atoms with E-state index in [2.05, 4.69) is 32.7 Å². The van der Waals surface area contributed by atoms with Gasteiger partial charge in [-0.2, -0.15) is 5.10 Å². The zero-order chi connectivity index (χ0) is 20.5. The third-order valence-corrected chi connectivity index (χ3v) is 6.08. The summed E-state index contributed by atoms with van der Waals surface area (Å²) in [6.45, 7) is 3.78. The lowest BCUT2D eigenvalue weighted by Crippen LogP contribution is -2.55. The van der Waals surface area contributed by atoms with Crippen molar-refractivity contribution in [3.05, 3.63) is 46.2 Å². The number of ether oxygens (including phenoxy) is 1. The molecule has 3 heterocycles. The molecule has 1 saturated heterocycles. The number of aromatic nitrogens is 3. The SMILES string of the molecule is COc1cc(N2CCN(C(=O)Cn3ncc4cnccc43)[C@@H](C)C2)c(F)cc1I. The van der Waals surface area contributed by atoms with Gasteiger partial charge in [0.05, 0.1) is 28.1 Å². The van der Waals surface area contributed by atoms with E-state index in [0.29, 0.717) is 31.1 Å². The number of nitrogens with zero attached hydrogens (tertiary/aromatic N) is 5. The van der Waals surface area contributed by atoms with E-state index in [4.69, 9.17) is 4.74 Å².